The number of ether oxygens (including phenoxy) is 3. The Balaban J connectivity index is 4.33. The average molecular weight is 1050 g/mol. The lowest BCUT2D eigenvalue weighted by Crippen LogP contribution is -2.30. The lowest BCUT2D eigenvalue weighted by atomic mass is 10.0. The Labute approximate surface area is 467 Å². The van der Waals surface area contributed by atoms with Crippen LogP contribution in [0.2, 0.25) is 0 Å². The molecule has 6 heteroatoms. The van der Waals surface area contributed by atoms with E-state index in [1.54, 1.807) is 0 Å². The lowest BCUT2D eigenvalue weighted by Gasteiger charge is -2.18. The summed E-state index contributed by atoms with van der Waals surface area (Å²) in [4.78, 5) is 38.4. The molecule has 0 fully saturated rings. The third-order valence-electron chi connectivity index (χ3n) is 14.8. The van der Waals surface area contributed by atoms with Crippen molar-refractivity contribution < 1.29 is 28.6 Å². The summed E-state index contributed by atoms with van der Waals surface area (Å²) in [5, 5.41) is 0. The van der Waals surface area contributed by atoms with E-state index < -0.39 is 6.10 Å². The summed E-state index contributed by atoms with van der Waals surface area (Å²) in [7, 11) is 0. The largest absolute Gasteiger partial charge is 0.462 e. The predicted molar refractivity (Wildman–Crippen MR) is 325 cm³/mol. The average Bonchev–Trinajstić information content (AvgIpc) is 3.41. The molecule has 0 bridgehead atoms. The van der Waals surface area contributed by atoms with Crippen LogP contribution in [0.3, 0.4) is 0 Å². The number of allylic oxidation sites excluding steroid dienone is 8. The second-order valence-corrected chi connectivity index (χ2v) is 22.4. The highest BCUT2D eigenvalue weighted by molar-refractivity contribution is 5.71. The normalized spacial score (nSPS) is 12.3. The van der Waals surface area contributed by atoms with Crippen molar-refractivity contribution in [1.29, 1.82) is 0 Å². The zero-order valence-corrected chi connectivity index (χ0v) is 50.3. The molecule has 0 radical (unpaired) electrons. The van der Waals surface area contributed by atoms with Gasteiger partial charge in [0.15, 0.2) is 6.10 Å². The van der Waals surface area contributed by atoms with Crippen molar-refractivity contribution in [1.82, 2.24) is 0 Å². The van der Waals surface area contributed by atoms with E-state index in [0.717, 1.165) is 77.0 Å². The number of hydrogen-bond donors (Lipinski definition) is 0. The van der Waals surface area contributed by atoms with Gasteiger partial charge in [0.2, 0.25) is 0 Å². The first-order valence-electron chi connectivity index (χ1n) is 33.1. The molecule has 1 atom stereocenters. The molecule has 0 aliphatic heterocycles. The second-order valence-electron chi connectivity index (χ2n) is 22.4. The van der Waals surface area contributed by atoms with E-state index in [9.17, 15) is 14.4 Å². The zero-order valence-electron chi connectivity index (χ0n) is 50.3. The fraction of sp³-hybridized carbons (Fsp3) is 0.841. The number of carbonyl (C=O) groups excluding carboxylic acids is 3. The van der Waals surface area contributed by atoms with Crippen LogP contribution in [0, 0.1) is 0 Å². The molecule has 0 saturated carbocycles. The molecule has 438 valence electrons. The molecule has 0 aliphatic carbocycles. The molecule has 0 spiro atoms. The summed E-state index contributed by atoms with van der Waals surface area (Å²) in [5.41, 5.74) is 0. The first-order valence-corrected chi connectivity index (χ1v) is 33.1. The van der Waals surface area contributed by atoms with Crippen LogP contribution < -0.4 is 0 Å². The highest BCUT2D eigenvalue weighted by Gasteiger charge is 2.19. The van der Waals surface area contributed by atoms with Crippen molar-refractivity contribution >= 4 is 17.9 Å². The Morgan fingerprint density at radius 3 is 0.787 bits per heavy atom. The van der Waals surface area contributed by atoms with Gasteiger partial charge in [0.05, 0.1) is 0 Å². The monoisotopic (exact) mass is 1050 g/mol. The van der Waals surface area contributed by atoms with E-state index in [0.29, 0.717) is 19.3 Å². The van der Waals surface area contributed by atoms with Crippen molar-refractivity contribution in [2.24, 2.45) is 0 Å². The Kier molecular flexibility index (Phi) is 61.7. The molecular weight excluding hydrogens is 925 g/mol. The maximum atomic E-state index is 12.9. The number of carbonyl (C=O) groups is 3. The van der Waals surface area contributed by atoms with Crippen LogP contribution in [-0.2, 0) is 28.6 Å². The van der Waals surface area contributed by atoms with E-state index in [-0.39, 0.29) is 31.1 Å². The molecule has 0 aliphatic rings. The van der Waals surface area contributed by atoms with Crippen molar-refractivity contribution in [3.8, 4) is 0 Å². The van der Waals surface area contributed by atoms with Gasteiger partial charge in [-0.3, -0.25) is 14.4 Å². The molecule has 0 heterocycles. The molecule has 0 aromatic carbocycles. The van der Waals surface area contributed by atoms with Crippen molar-refractivity contribution in [3.63, 3.8) is 0 Å². The summed E-state index contributed by atoms with van der Waals surface area (Å²) in [6.45, 7) is 6.66. The number of unbranched alkanes of at least 4 members (excludes halogenated alkanes) is 42. The van der Waals surface area contributed by atoms with E-state index >= 15 is 0 Å². The van der Waals surface area contributed by atoms with Gasteiger partial charge in [0.1, 0.15) is 13.2 Å². The maximum absolute atomic E-state index is 12.9. The molecule has 1 unspecified atom stereocenters. The lowest BCUT2D eigenvalue weighted by molar-refractivity contribution is -0.167. The fourth-order valence-corrected chi connectivity index (χ4v) is 9.80. The standard InChI is InChI=1S/C69H126O6/c1-4-7-10-13-16-19-22-25-28-30-32-33-34-35-37-38-41-44-47-50-53-56-59-62-68(71)74-65-66(64-73-67(70)61-58-55-52-49-46-43-40-27-24-21-18-15-12-9-6-3)75-69(72)63-60-57-54-51-48-45-42-39-36-31-29-26-23-20-17-14-11-8-5-2/h17,20,26,29-30,32,36,39,66H,4-16,18-19,21-25,27-28,31,33-35,37-38,40-65H2,1-3H3/b20-17-,29-26-,32-30-,39-36-. The van der Waals surface area contributed by atoms with Crippen LogP contribution in [-0.4, -0.2) is 37.2 Å². The topological polar surface area (TPSA) is 78.9 Å². The number of esters is 3. The van der Waals surface area contributed by atoms with Gasteiger partial charge < -0.3 is 14.2 Å². The summed E-state index contributed by atoms with van der Waals surface area (Å²) >= 11 is 0. The smallest absolute Gasteiger partial charge is 0.306 e. The molecule has 75 heavy (non-hydrogen) atoms. The van der Waals surface area contributed by atoms with Crippen LogP contribution in [0.15, 0.2) is 48.6 Å². The molecule has 0 saturated heterocycles. The van der Waals surface area contributed by atoms with Gasteiger partial charge in [-0.1, -0.05) is 301 Å². The Bertz CT molecular complexity index is 1300. The zero-order chi connectivity index (χ0) is 54.3. The third-order valence-corrected chi connectivity index (χ3v) is 14.8. The Morgan fingerprint density at radius 1 is 0.267 bits per heavy atom. The van der Waals surface area contributed by atoms with Crippen molar-refractivity contribution in [2.45, 2.75) is 361 Å². The van der Waals surface area contributed by atoms with Crippen LogP contribution in [0.25, 0.3) is 0 Å². The first-order chi connectivity index (χ1) is 37.0. The third kappa shape index (κ3) is 62.1. The maximum Gasteiger partial charge on any atom is 0.306 e. The van der Waals surface area contributed by atoms with Gasteiger partial charge in [-0.05, 0) is 83.5 Å². The molecule has 0 aromatic rings. The minimum Gasteiger partial charge on any atom is -0.462 e. The van der Waals surface area contributed by atoms with Gasteiger partial charge >= 0.3 is 17.9 Å². The van der Waals surface area contributed by atoms with Gasteiger partial charge in [0.25, 0.3) is 0 Å². The molecule has 0 aromatic heterocycles. The van der Waals surface area contributed by atoms with Gasteiger partial charge in [-0.25, -0.2) is 0 Å². The Morgan fingerprint density at radius 2 is 0.480 bits per heavy atom. The van der Waals surface area contributed by atoms with Crippen molar-refractivity contribution in [2.75, 3.05) is 13.2 Å². The van der Waals surface area contributed by atoms with E-state index in [1.807, 2.05) is 0 Å². The molecule has 6 nitrogen and oxygen atoms in total. The summed E-state index contributed by atoms with van der Waals surface area (Å²) < 4.78 is 17.0. The van der Waals surface area contributed by atoms with E-state index in [4.69, 9.17) is 14.2 Å². The minimum atomic E-state index is -0.779. The van der Waals surface area contributed by atoms with Gasteiger partial charge in [0, 0.05) is 19.3 Å². The quantitative estimate of drug-likeness (QED) is 0.0261. The van der Waals surface area contributed by atoms with Crippen molar-refractivity contribution in [3.05, 3.63) is 48.6 Å². The predicted octanol–water partition coefficient (Wildman–Crippen LogP) is 22.6. The molecule has 0 rings (SSSR count). The highest BCUT2D eigenvalue weighted by Crippen LogP contribution is 2.17. The fourth-order valence-electron chi connectivity index (χ4n) is 9.80. The van der Waals surface area contributed by atoms with Crippen LogP contribution >= 0.6 is 0 Å². The summed E-state index contributed by atoms with van der Waals surface area (Å²) in [6.07, 6.45) is 79.7. The van der Waals surface area contributed by atoms with Crippen LogP contribution in [0.1, 0.15) is 355 Å². The highest BCUT2D eigenvalue weighted by atomic mass is 16.6. The van der Waals surface area contributed by atoms with Gasteiger partial charge in [-0.2, -0.15) is 0 Å². The summed E-state index contributed by atoms with van der Waals surface area (Å²) in [6, 6.07) is 0. The molecule has 0 N–H and O–H groups in total. The van der Waals surface area contributed by atoms with Crippen LogP contribution in [0.5, 0.6) is 0 Å². The molecule has 0 amide bonds. The van der Waals surface area contributed by atoms with Gasteiger partial charge in [-0.15, -0.1) is 0 Å². The summed E-state index contributed by atoms with van der Waals surface area (Å²) in [5.74, 6) is -0.865. The molecular formula is C69H126O6. The van der Waals surface area contributed by atoms with Crippen LogP contribution in [0.4, 0.5) is 0 Å². The SMILES string of the molecule is CCCCC/C=C\C/C=C\C/C=C\CCCCCCCCC(=O)OC(COC(=O)CCCCCCCCCCCCC/C=C\CCCCCCCCCC)COC(=O)CCCCCCCCCCCCCCCCC. The number of hydrogen-bond acceptors (Lipinski definition) is 6. The second kappa shape index (κ2) is 63.9. The minimum absolute atomic E-state index is 0.0748. The van der Waals surface area contributed by atoms with E-state index in [1.165, 1.54) is 238 Å². The van der Waals surface area contributed by atoms with E-state index in [2.05, 4.69) is 69.4 Å². The number of rotatable bonds is 61. The Hall–Kier alpha value is -2.63. The first kappa shape index (κ1) is 72.4.